The van der Waals surface area contributed by atoms with Crippen LogP contribution < -0.4 is 5.32 Å². The Balaban J connectivity index is 1.69. The predicted octanol–water partition coefficient (Wildman–Crippen LogP) is 4.55. The summed E-state index contributed by atoms with van der Waals surface area (Å²) in [6.07, 6.45) is 1.39. The molecule has 29 heavy (non-hydrogen) atoms. The van der Waals surface area contributed by atoms with E-state index < -0.39 is 0 Å². The van der Waals surface area contributed by atoms with Gasteiger partial charge in [0, 0.05) is 10.6 Å². The van der Waals surface area contributed by atoms with Gasteiger partial charge in [0.2, 0.25) is 0 Å². The zero-order valence-electron chi connectivity index (χ0n) is 16.3. The highest BCUT2D eigenvalue weighted by Crippen LogP contribution is 2.23. The van der Waals surface area contributed by atoms with Crippen LogP contribution in [0.3, 0.4) is 0 Å². The predicted molar refractivity (Wildman–Crippen MR) is 113 cm³/mol. The summed E-state index contributed by atoms with van der Waals surface area (Å²) in [5, 5.41) is 7.86. The van der Waals surface area contributed by atoms with Crippen LogP contribution in [0.25, 0.3) is 17.0 Å². The first-order chi connectivity index (χ1) is 13.9. The second-order valence-corrected chi connectivity index (χ2v) is 7.50. The number of nitrogens with one attached hydrogen (secondary N) is 1. The normalized spacial score (nSPS) is 12.1. The van der Waals surface area contributed by atoms with Crippen molar-refractivity contribution in [2.24, 2.45) is 0 Å². The fourth-order valence-electron chi connectivity index (χ4n) is 3.40. The standard InChI is InChI=1S/C22H20ClN5O/c1-13-4-9-18(14(2)10-13)15(3)26-21(29)20-11-19(16-5-7-17(23)8-6-16)27-22-24-12-25-28(20)22/h4-12,15H,1-3H3,(H,26,29). The summed E-state index contributed by atoms with van der Waals surface area (Å²) in [7, 11) is 0. The highest BCUT2D eigenvalue weighted by molar-refractivity contribution is 6.30. The minimum atomic E-state index is -0.245. The van der Waals surface area contributed by atoms with E-state index in [1.165, 1.54) is 16.4 Å². The number of amides is 1. The van der Waals surface area contributed by atoms with Crippen molar-refractivity contribution in [2.75, 3.05) is 0 Å². The van der Waals surface area contributed by atoms with Gasteiger partial charge in [0.05, 0.1) is 11.7 Å². The van der Waals surface area contributed by atoms with Crippen LogP contribution in [0.1, 0.15) is 40.1 Å². The lowest BCUT2D eigenvalue weighted by Gasteiger charge is -2.17. The van der Waals surface area contributed by atoms with Crippen LogP contribution in [0.15, 0.2) is 54.9 Å². The van der Waals surface area contributed by atoms with Gasteiger partial charge in [0.15, 0.2) is 0 Å². The SMILES string of the molecule is Cc1ccc(C(C)NC(=O)c2cc(-c3ccc(Cl)cc3)nc3ncnn23)c(C)c1. The molecule has 2 heterocycles. The molecule has 2 aromatic heterocycles. The van der Waals surface area contributed by atoms with Crippen molar-refractivity contribution in [3.63, 3.8) is 0 Å². The number of hydrogen-bond donors (Lipinski definition) is 1. The Hall–Kier alpha value is -3.25. The number of carbonyl (C=O) groups is 1. The second-order valence-electron chi connectivity index (χ2n) is 7.06. The van der Waals surface area contributed by atoms with Crippen LogP contribution >= 0.6 is 11.6 Å². The van der Waals surface area contributed by atoms with E-state index in [1.54, 1.807) is 18.2 Å². The highest BCUT2D eigenvalue weighted by atomic mass is 35.5. The van der Waals surface area contributed by atoms with Crippen molar-refractivity contribution in [2.45, 2.75) is 26.8 Å². The zero-order valence-corrected chi connectivity index (χ0v) is 17.1. The molecule has 0 fully saturated rings. The summed E-state index contributed by atoms with van der Waals surface area (Å²) >= 11 is 5.99. The van der Waals surface area contributed by atoms with Crippen LogP contribution in [0.5, 0.6) is 0 Å². The summed E-state index contributed by atoms with van der Waals surface area (Å²) in [6, 6.07) is 15.1. The quantitative estimate of drug-likeness (QED) is 0.540. The Bertz CT molecular complexity index is 1200. The molecule has 4 aromatic rings. The molecule has 7 heteroatoms. The number of rotatable bonds is 4. The molecule has 4 rings (SSSR count). The first-order valence-corrected chi connectivity index (χ1v) is 9.65. The van der Waals surface area contributed by atoms with E-state index in [0.717, 1.165) is 16.7 Å². The third-order valence-electron chi connectivity index (χ3n) is 4.86. The van der Waals surface area contributed by atoms with Crippen LogP contribution in [-0.4, -0.2) is 25.5 Å². The second kappa shape index (κ2) is 7.64. The fourth-order valence-corrected chi connectivity index (χ4v) is 3.53. The lowest BCUT2D eigenvalue weighted by Crippen LogP contribution is -2.29. The molecule has 146 valence electrons. The number of nitrogens with zero attached hydrogens (tertiary/aromatic N) is 4. The van der Waals surface area contributed by atoms with E-state index in [2.05, 4.69) is 33.4 Å². The fraction of sp³-hybridized carbons (Fsp3) is 0.182. The zero-order chi connectivity index (χ0) is 20.5. The van der Waals surface area contributed by atoms with Crippen molar-refractivity contribution >= 4 is 23.3 Å². The minimum Gasteiger partial charge on any atom is -0.344 e. The molecule has 0 saturated heterocycles. The molecule has 1 amide bonds. The smallest absolute Gasteiger partial charge is 0.270 e. The molecule has 0 radical (unpaired) electrons. The number of benzene rings is 2. The van der Waals surface area contributed by atoms with E-state index in [1.807, 2.05) is 38.1 Å². The first-order valence-electron chi connectivity index (χ1n) is 9.27. The molecule has 0 aliphatic rings. The molecule has 6 nitrogen and oxygen atoms in total. The van der Waals surface area contributed by atoms with Crippen molar-refractivity contribution in [3.8, 4) is 11.3 Å². The van der Waals surface area contributed by atoms with E-state index in [4.69, 9.17) is 11.6 Å². The third-order valence-corrected chi connectivity index (χ3v) is 5.12. The minimum absolute atomic E-state index is 0.159. The van der Waals surface area contributed by atoms with Gasteiger partial charge in [-0.1, -0.05) is 47.5 Å². The van der Waals surface area contributed by atoms with Crippen molar-refractivity contribution in [3.05, 3.63) is 82.3 Å². The summed E-state index contributed by atoms with van der Waals surface area (Å²) in [5.74, 6) is 0.118. The van der Waals surface area contributed by atoms with E-state index in [9.17, 15) is 4.79 Å². The number of halogens is 1. The maximum absolute atomic E-state index is 13.1. The number of carbonyl (C=O) groups excluding carboxylic acids is 1. The molecule has 1 atom stereocenters. The molecule has 0 aliphatic carbocycles. The summed E-state index contributed by atoms with van der Waals surface area (Å²) in [4.78, 5) is 21.8. The Labute approximate surface area is 173 Å². The van der Waals surface area contributed by atoms with E-state index >= 15 is 0 Å². The van der Waals surface area contributed by atoms with Gasteiger partial charge in [-0.05, 0) is 50.1 Å². The van der Waals surface area contributed by atoms with Gasteiger partial charge in [-0.25, -0.2) is 4.98 Å². The molecule has 0 saturated carbocycles. The average Bonchev–Trinajstić information content (AvgIpc) is 3.16. The van der Waals surface area contributed by atoms with Crippen LogP contribution in [0, 0.1) is 13.8 Å². The summed E-state index contributed by atoms with van der Waals surface area (Å²) < 4.78 is 1.45. The summed E-state index contributed by atoms with van der Waals surface area (Å²) in [5.41, 5.74) is 5.25. The van der Waals surface area contributed by atoms with E-state index in [-0.39, 0.29) is 11.9 Å². The molecule has 1 unspecified atom stereocenters. The molecule has 0 aliphatic heterocycles. The molecule has 1 N–H and O–H groups in total. The van der Waals surface area contributed by atoms with Gasteiger partial charge >= 0.3 is 0 Å². The van der Waals surface area contributed by atoms with Crippen LogP contribution in [0.4, 0.5) is 0 Å². The maximum Gasteiger partial charge on any atom is 0.270 e. The first kappa shape index (κ1) is 19.1. The topological polar surface area (TPSA) is 72.2 Å². The van der Waals surface area contributed by atoms with Crippen LogP contribution in [0.2, 0.25) is 5.02 Å². The Morgan fingerprint density at radius 2 is 1.86 bits per heavy atom. The summed E-state index contributed by atoms with van der Waals surface area (Å²) in [6.45, 7) is 6.07. The molecule has 0 bridgehead atoms. The lowest BCUT2D eigenvalue weighted by molar-refractivity contribution is 0.0932. The maximum atomic E-state index is 13.1. The van der Waals surface area contributed by atoms with Crippen molar-refractivity contribution in [1.82, 2.24) is 24.9 Å². The number of aromatic nitrogens is 4. The Morgan fingerprint density at radius 1 is 1.10 bits per heavy atom. The number of aryl methyl sites for hydroxylation is 2. The van der Waals surface area contributed by atoms with Gasteiger partial charge in [-0.3, -0.25) is 4.79 Å². The lowest BCUT2D eigenvalue weighted by atomic mass is 10.00. The van der Waals surface area contributed by atoms with Gasteiger partial charge in [0.1, 0.15) is 12.0 Å². The van der Waals surface area contributed by atoms with Crippen molar-refractivity contribution < 1.29 is 4.79 Å². The molecular formula is C22H20ClN5O. The largest absolute Gasteiger partial charge is 0.344 e. The average molecular weight is 406 g/mol. The third kappa shape index (κ3) is 3.84. The van der Waals surface area contributed by atoms with Crippen LogP contribution in [-0.2, 0) is 0 Å². The highest BCUT2D eigenvalue weighted by Gasteiger charge is 2.19. The van der Waals surface area contributed by atoms with E-state index in [0.29, 0.717) is 22.2 Å². The van der Waals surface area contributed by atoms with Gasteiger partial charge < -0.3 is 5.32 Å². The molecular weight excluding hydrogens is 386 g/mol. The number of hydrogen-bond acceptors (Lipinski definition) is 4. The monoisotopic (exact) mass is 405 g/mol. The van der Waals surface area contributed by atoms with Crippen molar-refractivity contribution in [1.29, 1.82) is 0 Å². The number of fused-ring (bicyclic) bond motifs is 1. The molecule has 0 spiro atoms. The van der Waals surface area contributed by atoms with Gasteiger partial charge in [-0.2, -0.15) is 14.6 Å². The Kier molecular flexibility index (Phi) is 5.03. The Morgan fingerprint density at radius 3 is 2.59 bits per heavy atom. The molecule has 2 aromatic carbocycles. The van der Waals surface area contributed by atoms with Gasteiger partial charge in [-0.15, -0.1) is 0 Å². The van der Waals surface area contributed by atoms with Gasteiger partial charge in [0.25, 0.3) is 11.7 Å².